The minimum Gasteiger partial charge on any atom is -0.506 e. The van der Waals surface area contributed by atoms with Gasteiger partial charge in [0.05, 0.1) is 26.0 Å². The Hall–Kier alpha value is -1.72. The van der Waals surface area contributed by atoms with Crippen molar-refractivity contribution in [3.63, 3.8) is 0 Å². The molecule has 0 heterocycles. The molecule has 2 rings (SSSR count). The van der Waals surface area contributed by atoms with Crippen LogP contribution in [-0.4, -0.2) is 25.4 Å². The molecule has 0 fully saturated rings. The van der Waals surface area contributed by atoms with Crippen LogP contribution in [0.5, 0.6) is 11.5 Å². The standard InChI is InChI=1S/C18H23ClNO5P/c1-4-24-26(22,25-5-2)18(13-6-9-15(23-3)10-7-13)20-16-11-8-14(19)12-17(16)21/h6-12,18,20-21H,4-5H2,1-3H3. The van der Waals surface area contributed by atoms with E-state index in [2.05, 4.69) is 5.32 Å². The van der Waals surface area contributed by atoms with Gasteiger partial charge in [0.25, 0.3) is 0 Å². The van der Waals surface area contributed by atoms with Crippen LogP contribution in [0, 0.1) is 0 Å². The Morgan fingerprint density at radius 3 is 2.23 bits per heavy atom. The van der Waals surface area contributed by atoms with E-state index in [0.29, 0.717) is 22.0 Å². The lowest BCUT2D eigenvalue weighted by atomic mass is 10.2. The van der Waals surface area contributed by atoms with Gasteiger partial charge in [-0.3, -0.25) is 4.57 Å². The van der Waals surface area contributed by atoms with Gasteiger partial charge in [0, 0.05) is 11.1 Å². The number of halogens is 1. The highest BCUT2D eigenvalue weighted by Crippen LogP contribution is 2.61. The molecule has 0 bridgehead atoms. The third-order valence-corrected chi connectivity index (χ3v) is 6.15. The molecule has 0 saturated carbocycles. The molecule has 26 heavy (non-hydrogen) atoms. The summed E-state index contributed by atoms with van der Waals surface area (Å²) in [5.41, 5.74) is 1.04. The topological polar surface area (TPSA) is 77.0 Å². The summed E-state index contributed by atoms with van der Waals surface area (Å²) in [6, 6.07) is 11.7. The van der Waals surface area contributed by atoms with Crippen LogP contribution >= 0.6 is 19.2 Å². The van der Waals surface area contributed by atoms with Gasteiger partial charge in [-0.15, -0.1) is 0 Å². The Morgan fingerprint density at radius 2 is 1.73 bits per heavy atom. The number of nitrogens with one attached hydrogen (secondary N) is 1. The minimum atomic E-state index is -3.57. The molecule has 142 valence electrons. The number of ether oxygens (including phenoxy) is 1. The Morgan fingerprint density at radius 1 is 1.12 bits per heavy atom. The molecule has 0 aromatic heterocycles. The minimum absolute atomic E-state index is 0.0597. The molecule has 0 spiro atoms. The number of hydrogen-bond donors (Lipinski definition) is 2. The van der Waals surface area contributed by atoms with Crippen LogP contribution in [0.4, 0.5) is 5.69 Å². The molecular formula is C18H23ClNO5P. The molecule has 8 heteroatoms. The lowest BCUT2D eigenvalue weighted by Crippen LogP contribution is -2.15. The van der Waals surface area contributed by atoms with E-state index in [4.69, 9.17) is 25.4 Å². The molecule has 0 saturated heterocycles. The van der Waals surface area contributed by atoms with Crippen LogP contribution in [0.1, 0.15) is 25.2 Å². The number of anilines is 1. The Balaban J connectivity index is 2.47. The van der Waals surface area contributed by atoms with Crippen molar-refractivity contribution in [3.05, 3.63) is 53.1 Å². The van der Waals surface area contributed by atoms with E-state index in [1.54, 1.807) is 57.4 Å². The van der Waals surface area contributed by atoms with Crippen molar-refractivity contribution < 1.29 is 23.5 Å². The van der Waals surface area contributed by atoms with Crippen molar-refractivity contribution in [3.8, 4) is 11.5 Å². The fraction of sp³-hybridized carbons (Fsp3) is 0.333. The molecule has 0 radical (unpaired) electrons. The summed E-state index contributed by atoms with van der Waals surface area (Å²) in [6.45, 7) is 3.93. The number of phenols is 1. The van der Waals surface area contributed by atoms with Gasteiger partial charge in [0.2, 0.25) is 0 Å². The number of rotatable bonds is 9. The molecule has 0 aliphatic rings. The van der Waals surface area contributed by atoms with Gasteiger partial charge in [-0.05, 0) is 43.7 Å². The molecule has 2 aromatic rings. The maximum absolute atomic E-state index is 13.4. The first-order valence-electron chi connectivity index (χ1n) is 8.21. The first kappa shape index (κ1) is 20.6. The fourth-order valence-electron chi connectivity index (χ4n) is 2.45. The summed E-state index contributed by atoms with van der Waals surface area (Å²) < 4.78 is 29.6. The monoisotopic (exact) mass is 399 g/mol. The van der Waals surface area contributed by atoms with Crippen LogP contribution < -0.4 is 10.1 Å². The quantitative estimate of drug-likeness (QED) is 0.432. The van der Waals surface area contributed by atoms with Gasteiger partial charge < -0.3 is 24.2 Å². The predicted octanol–water partition coefficient (Wildman–Crippen LogP) is 5.43. The lowest BCUT2D eigenvalue weighted by molar-refractivity contribution is 0.214. The van der Waals surface area contributed by atoms with Gasteiger partial charge >= 0.3 is 7.60 Å². The molecule has 0 aliphatic carbocycles. The Kier molecular flexibility index (Phi) is 7.35. The van der Waals surface area contributed by atoms with E-state index in [1.807, 2.05) is 0 Å². The summed E-state index contributed by atoms with van der Waals surface area (Å²) in [4.78, 5) is 0. The molecule has 6 nitrogen and oxygen atoms in total. The summed E-state index contributed by atoms with van der Waals surface area (Å²) in [7, 11) is -2.00. The second-order valence-electron chi connectivity index (χ2n) is 5.36. The van der Waals surface area contributed by atoms with Gasteiger partial charge in [0.1, 0.15) is 11.5 Å². The second kappa shape index (κ2) is 9.28. The van der Waals surface area contributed by atoms with Crippen molar-refractivity contribution in [2.75, 3.05) is 25.6 Å². The number of benzene rings is 2. The zero-order valence-electron chi connectivity index (χ0n) is 14.9. The van der Waals surface area contributed by atoms with Crippen molar-refractivity contribution in [1.82, 2.24) is 0 Å². The highest BCUT2D eigenvalue weighted by molar-refractivity contribution is 7.54. The summed E-state index contributed by atoms with van der Waals surface area (Å²) in [5.74, 6) is -0.208. The van der Waals surface area contributed by atoms with Gasteiger partial charge in [-0.25, -0.2) is 0 Å². The molecular weight excluding hydrogens is 377 g/mol. The highest BCUT2D eigenvalue weighted by atomic mass is 35.5. The van der Waals surface area contributed by atoms with Crippen LogP contribution in [0.3, 0.4) is 0 Å². The molecule has 0 amide bonds. The highest BCUT2D eigenvalue weighted by Gasteiger charge is 2.37. The molecule has 2 aromatic carbocycles. The lowest BCUT2D eigenvalue weighted by Gasteiger charge is -2.28. The Labute approximate surface area is 158 Å². The number of methoxy groups -OCH3 is 1. The van der Waals surface area contributed by atoms with E-state index in [0.717, 1.165) is 0 Å². The van der Waals surface area contributed by atoms with E-state index in [1.165, 1.54) is 6.07 Å². The van der Waals surface area contributed by atoms with E-state index in [-0.39, 0.29) is 19.0 Å². The maximum Gasteiger partial charge on any atom is 0.357 e. The average molecular weight is 400 g/mol. The summed E-state index contributed by atoms with van der Waals surface area (Å²) >= 11 is 5.89. The molecule has 0 aliphatic heterocycles. The van der Waals surface area contributed by atoms with Crippen LogP contribution in [0.2, 0.25) is 5.02 Å². The first-order valence-corrected chi connectivity index (χ1v) is 10.2. The normalized spacial score (nSPS) is 12.6. The number of aromatic hydroxyl groups is 1. The largest absolute Gasteiger partial charge is 0.506 e. The van der Waals surface area contributed by atoms with E-state index < -0.39 is 13.4 Å². The SMILES string of the molecule is CCOP(=O)(OCC)C(Nc1ccc(Cl)cc1O)c1ccc(OC)cc1. The van der Waals surface area contributed by atoms with Crippen molar-refractivity contribution in [1.29, 1.82) is 0 Å². The number of hydrogen-bond acceptors (Lipinski definition) is 6. The van der Waals surface area contributed by atoms with Crippen molar-refractivity contribution in [2.24, 2.45) is 0 Å². The molecule has 1 atom stereocenters. The second-order valence-corrected chi connectivity index (χ2v) is 7.91. The summed E-state index contributed by atoms with van der Waals surface area (Å²) in [5, 5.41) is 13.6. The van der Waals surface area contributed by atoms with E-state index >= 15 is 0 Å². The fourth-order valence-corrected chi connectivity index (χ4v) is 4.54. The van der Waals surface area contributed by atoms with E-state index in [9.17, 15) is 9.67 Å². The van der Waals surface area contributed by atoms with Gasteiger partial charge in [0.15, 0.2) is 5.78 Å². The van der Waals surface area contributed by atoms with Gasteiger partial charge in [-0.1, -0.05) is 23.7 Å². The predicted molar refractivity (Wildman–Crippen MR) is 103 cm³/mol. The molecule has 2 N–H and O–H groups in total. The average Bonchev–Trinajstić information content (AvgIpc) is 2.61. The smallest absolute Gasteiger partial charge is 0.357 e. The van der Waals surface area contributed by atoms with Gasteiger partial charge in [-0.2, -0.15) is 0 Å². The van der Waals surface area contributed by atoms with Crippen LogP contribution in [0.25, 0.3) is 0 Å². The maximum atomic E-state index is 13.4. The van der Waals surface area contributed by atoms with Crippen LogP contribution in [-0.2, 0) is 13.6 Å². The Bertz CT molecular complexity index is 759. The van der Waals surface area contributed by atoms with Crippen LogP contribution in [0.15, 0.2) is 42.5 Å². The third kappa shape index (κ3) is 4.92. The third-order valence-electron chi connectivity index (χ3n) is 3.62. The van der Waals surface area contributed by atoms with Crippen molar-refractivity contribution in [2.45, 2.75) is 19.6 Å². The molecule has 1 unspecified atom stereocenters. The zero-order valence-corrected chi connectivity index (χ0v) is 16.6. The first-order chi connectivity index (χ1) is 12.4. The van der Waals surface area contributed by atoms with Crippen molar-refractivity contribution >= 4 is 24.9 Å². The summed E-state index contributed by atoms with van der Waals surface area (Å²) in [6.07, 6.45) is 0. The number of phenolic OH excluding ortho intramolecular Hbond substituents is 1. The zero-order chi connectivity index (χ0) is 19.2.